The third-order valence-electron chi connectivity index (χ3n) is 4.19. The van der Waals surface area contributed by atoms with Crippen LogP contribution in [0, 0.1) is 3.57 Å². The van der Waals surface area contributed by atoms with Crippen LogP contribution in [0.5, 0.6) is 0 Å². The van der Waals surface area contributed by atoms with Gasteiger partial charge in [-0.1, -0.05) is 23.5 Å². The Morgan fingerprint density at radius 2 is 1.86 bits per heavy atom. The Labute approximate surface area is 146 Å². The maximum Gasteiger partial charge on any atom is 0.234 e. The number of likely N-dealkylation sites (tertiary alicyclic amines) is 1. The van der Waals surface area contributed by atoms with Gasteiger partial charge in [-0.25, -0.2) is 0 Å². The van der Waals surface area contributed by atoms with Gasteiger partial charge in [-0.15, -0.1) is 10.2 Å². The highest BCUT2D eigenvalue weighted by molar-refractivity contribution is 14.1. The van der Waals surface area contributed by atoms with Gasteiger partial charge < -0.3 is 4.90 Å². The molecule has 1 fully saturated rings. The molecule has 0 unspecified atom stereocenters. The van der Waals surface area contributed by atoms with E-state index >= 15 is 0 Å². The van der Waals surface area contributed by atoms with Gasteiger partial charge in [-0.05, 0) is 67.7 Å². The van der Waals surface area contributed by atoms with Gasteiger partial charge >= 0.3 is 0 Å². The lowest BCUT2D eigenvalue weighted by atomic mass is 9.96. The van der Waals surface area contributed by atoms with E-state index in [1.54, 1.807) is 11.3 Å². The number of halogens is 1. The van der Waals surface area contributed by atoms with E-state index in [9.17, 15) is 0 Å². The summed E-state index contributed by atoms with van der Waals surface area (Å²) in [6.07, 6.45) is 2.27. The molecule has 114 valence electrons. The zero-order valence-corrected chi connectivity index (χ0v) is 15.2. The number of nitrogens with zero attached hydrogens (tertiary/aromatic N) is 5. The smallest absolute Gasteiger partial charge is 0.234 e. The third kappa shape index (κ3) is 2.65. The van der Waals surface area contributed by atoms with Crippen molar-refractivity contribution in [3.05, 3.63) is 33.7 Å². The van der Waals surface area contributed by atoms with Crippen LogP contribution in [0.2, 0.25) is 0 Å². The van der Waals surface area contributed by atoms with Crippen molar-refractivity contribution in [3.63, 3.8) is 0 Å². The molecule has 0 spiro atoms. The molecule has 7 heteroatoms. The van der Waals surface area contributed by atoms with Crippen molar-refractivity contribution in [1.29, 1.82) is 0 Å². The fourth-order valence-electron chi connectivity index (χ4n) is 2.86. The molecule has 3 aromatic rings. The van der Waals surface area contributed by atoms with Crippen LogP contribution in [0.4, 0.5) is 0 Å². The van der Waals surface area contributed by atoms with E-state index in [4.69, 9.17) is 5.10 Å². The summed E-state index contributed by atoms with van der Waals surface area (Å²) in [5.41, 5.74) is 1.14. The molecule has 3 heterocycles. The summed E-state index contributed by atoms with van der Waals surface area (Å²) in [6.45, 7) is 2.24. The van der Waals surface area contributed by atoms with Crippen molar-refractivity contribution in [2.45, 2.75) is 18.8 Å². The third-order valence-corrected chi connectivity index (χ3v) is 5.86. The van der Waals surface area contributed by atoms with E-state index in [1.807, 2.05) is 4.52 Å². The van der Waals surface area contributed by atoms with E-state index in [1.165, 1.54) is 3.57 Å². The molecule has 4 rings (SSSR count). The largest absolute Gasteiger partial charge is 0.306 e. The molecule has 0 amide bonds. The zero-order valence-electron chi connectivity index (χ0n) is 12.2. The number of aromatic nitrogens is 4. The van der Waals surface area contributed by atoms with E-state index in [-0.39, 0.29) is 0 Å². The molecule has 2 aromatic heterocycles. The average molecular weight is 425 g/mol. The predicted molar refractivity (Wildman–Crippen MR) is 96.3 cm³/mol. The molecule has 0 saturated carbocycles. The maximum absolute atomic E-state index is 4.76. The van der Waals surface area contributed by atoms with Crippen LogP contribution in [0.3, 0.4) is 0 Å². The molecular formula is C15H16IN5S. The van der Waals surface area contributed by atoms with Crippen molar-refractivity contribution < 1.29 is 0 Å². The Balaban J connectivity index is 1.68. The van der Waals surface area contributed by atoms with Crippen LogP contribution < -0.4 is 0 Å². The summed E-state index contributed by atoms with van der Waals surface area (Å²) in [6, 6.07) is 8.44. The molecule has 0 N–H and O–H groups in total. The highest BCUT2D eigenvalue weighted by atomic mass is 127. The predicted octanol–water partition coefficient (Wildman–Crippen LogP) is 3.27. The van der Waals surface area contributed by atoms with Crippen LogP contribution in [0.15, 0.2) is 24.3 Å². The summed E-state index contributed by atoms with van der Waals surface area (Å²) in [5, 5.41) is 14.5. The number of fused-ring (bicyclic) bond motifs is 1. The number of piperidine rings is 1. The van der Waals surface area contributed by atoms with Gasteiger partial charge in [0.25, 0.3) is 0 Å². The molecular weight excluding hydrogens is 409 g/mol. The van der Waals surface area contributed by atoms with Crippen LogP contribution >= 0.6 is 33.9 Å². The normalized spacial score (nSPS) is 17.4. The maximum atomic E-state index is 4.76. The average Bonchev–Trinajstić information content (AvgIpc) is 3.09. The molecule has 0 bridgehead atoms. The van der Waals surface area contributed by atoms with Crippen LogP contribution in [0.25, 0.3) is 15.5 Å². The van der Waals surface area contributed by atoms with Gasteiger partial charge in [0, 0.05) is 15.1 Å². The van der Waals surface area contributed by atoms with E-state index in [0.717, 1.165) is 47.3 Å². The molecule has 1 saturated heterocycles. The Morgan fingerprint density at radius 1 is 1.14 bits per heavy atom. The fraction of sp³-hybridized carbons (Fsp3) is 0.400. The second-order valence-corrected chi connectivity index (χ2v) is 7.95. The van der Waals surface area contributed by atoms with Gasteiger partial charge in [0.15, 0.2) is 5.82 Å². The molecule has 22 heavy (non-hydrogen) atoms. The van der Waals surface area contributed by atoms with Gasteiger partial charge in [0.1, 0.15) is 5.01 Å². The van der Waals surface area contributed by atoms with Crippen LogP contribution in [-0.2, 0) is 0 Å². The quantitative estimate of drug-likeness (QED) is 0.592. The minimum Gasteiger partial charge on any atom is -0.306 e. The van der Waals surface area contributed by atoms with Gasteiger partial charge in [0.2, 0.25) is 4.96 Å². The van der Waals surface area contributed by atoms with E-state index in [2.05, 4.69) is 69.0 Å². The monoisotopic (exact) mass is 425 g/mol. The lowest BCUT2D eigenvalue weighted by Crippen LogP contribution is -2.30. The van der Waals surface area contributed by atoms with E-state index < -0.39 is 0 Å². The molecule has 0 atom stereocenters. The SMILES string of the molecule is CN1CCC(c2nnc3sc(-c4ccc(I)cc4)nn23)CC1. The lowest BCUT2D eigenvalue weighted by molar-refractivity contribution is 0.250. The second kappa shape index (κ2) is 5.86. The standard InChI is InChI=1S/C15H16IN5S/c1-20-8-6-10(7-9-20)13-17-18-15-21(13)19-14(22-15)11-2-4-12(16)5-3-11/h2-5,10H,6-9H2,1H3. The second-order valence-electron chi connectivity index (χ2n) is 5.74. The summed E-state index contributed by atoms with van der Waals surface area (Å²) in [4.78, 5) is 3.26. The summed E-state index contributed by atoms with van der Waals surface area (Å²) >= 11 is 3.92. The molecule has 0 radical (unpaired) electrons. The Morgan fingerprint density at radius 3 is 2.59 bits per heavy atom. The lowest BCUT2D eigenvalue weighted by Gasteiger charge is -2.27. The zero-order chi connectivity index (χ0) is 15.1. The number of benzene rings is 1. The van der Waals surface area contributed by atoms with Crippen molar-refractivity contribution in [3.8, 4) is 10.6 Å². The van der Waals surface area contributed by atoms with Crippen molar-refractivity contribution >= 4 is 38.9 Å². The highest BCUT2D eigenvalue weighted by Crippen LogP contribution is 2.30. The minimum absolute atomic E-state index is 0.470. The van der Waals surface area contributed by atoms with Crippen molar-refractivity contribution in [2.24, 2.45) is 0 Å². The first-order valence-electron chi connectivity index (χ1n) is 7.37. The first-order valence-corrected chi connectivity index (χ1v) is 9.27. The number of hydrogen-bond donors (Lipinski definition) is 0. The van der Waals surface area contributed by atoms with Gasteiger partial charge in [-0.2, -0.15) is 9.61 Å². The van der Waals surface area contributed by atoms with E-state index in [0.29, 0.717) is 5.92 Å². The minimum atomic E-state index is 0.470. The van der Waals surface area contributed by atoms with Crippen molar-refractivity contribution in [2.75, 3.05) is 20.1 Å². The topological polar surface area (TPSA) is 46.3 Å². The number of hydrogen-bond acceptors (Lipinski definition) is 5. The molecule has 0 aliphatic carbocycles. The first-order chi connectivity index (χ1) is 10.7. The number of rotatable bonds is 2. The Hall–Kier alpha value is -1.06. The summed E-state index contributed by atoms with van der Waals surface area (Å²) in [7, 11) is 2.17. The first kappa shape index (κ1) is 14.5. The molecule has 1 aliphatic heterocycles. The fourth-order valence-corrected chi connectivity index (χ4v) is 4.07. The van der Waals surface area contributed by atoms with Crippen LogP contribution in [-0.4, -0.2) is 44.8 Å². The molecule has 1 aromatic carbocycles. The van der Waals surface area contributed by atoms with Gasteiger partial charge in [-0.3, -0.25) is 0 Å². The summed E-state index contributed by atoms with van der Waals surface area (Å²) in [5.74, 6) is 1.49. The Kier molecular flexibility index (Phi) is 3.87. The van der Waals surface area contributed by atoms with Gasteiger partial charge in [0.05, 0.1) is 0 Å². The molecule has 1 aliphatic rings. The Bertz CT molecular complexity index is 786. The summed E-state index contributed by atoms with van der Waals surface area (Å²) < 4.78 is 3.19. The highest BCUT2D eigenvalue weighted by Gasteiger charge is 2.24. The van der Waals surface area contributed by atoms with Crippen molar-refractivity contribution in [1.82, 2.24) is 24.7 Å². The van der Waals surface area contributed by atoms with Crippen LogP contribution in [0.1, 0.15) is 24.6 Å². The molecule has 5 nitrogen and oxygen atoms in total.